The zero-order valence-electron chi connectivity index (χ0n) is 13.3. The summed E-state index contributed by atoms with van der Waals surface area (Å²) in [7, 11) is 0. The van der Waals surface area contributed by atoms with E-state index in [-0.39, 0.29) is 17.9 Å². The van der Waals surface area contributed by atoms with E-state index in [0.29, 0.717) is 27.1 Å². The molecule has 0 aliphatic rings. The van der Waals surface area contributed by atoms with Crippen LogP contribution < -0.4 is 16.2 Å². The molecule has 0 radical (unpaired) electrons. The van der Waals surface area contributed by atoms with E-state index < -0.39 is 5.91 Å². The van der Waals surface area contributed by atoms with Gasteiger partial charge < -0.3 is 10.3 Å². The molecule has 1 aromatic carbocycles. The highest BCUT2D eigenvalue weighted by Gasteiger charge is 2.11. The number of pyridine rings is 1. The fourth-order valence-electron chi connectivity index (χ4n) is 2.10. The van der Waals surface area contributed by atoms with Crippen molar-refractivity contribution in [2.45, 2.75) is 6.42 Å². The molecule has 3 rings (SSSR count). The van der Waals surface area contributed by atoms with Crippen LogP contribution >= 0.6 is 22.9 Å². The van der Waals surface area contributed by atoms with Crippen molar-refractivity contribution in [2.24, 2.45) is 0 Å². The lowest BCUT2D eigenvalue weighted by molar-refractivity contribution is -0.115. The van der Waals surface area contributed by atoms with Gasteiger partial charge in [-0.25, -0.2) is 4.98 Å². The molecule has 0 bridgehead atoms. The van der Waals surface area contributed by atoms with Crippen LogP contribution in [0.15, 0.2) is 52.8 Å². The number of halogens is 1. The molecule has 3 N–H and O–H groups in total. The molecule has 0 aliphatic carbocycles. The van der Waals surface area contributed by atoms with Crippen molar-refractivity contribution in [3.63, 3.8) is 0 Å². The molecular formula is C17H13ClN4O3S. The average molecular weight is 389 g/mol. The molecule has 2 heterocycles. The average Bonchev–Trinajstić information content (AvgIpc) is 3.02. The molecule has 3 aromatic rings. The number of H-pyrrole nitrogens is 1. The Hall–Kier alpha value is -2.97. The Labute approximate surface area is 157 Å². The van der Waals surface area contributed by atoms with Crippen molar-refractivity contribution in [1.82, 2.24) is 9.97 Å². The van der Waals surface area contributed by atoms with Gasteiger partial charge >= 0.3 is 0 Å². The Bertz CT molecular complexity index is 994. The highest BCUT2D eigenvalue weighted by Crippen LogP contribution is 2.18. The first kappa shape index (κ1) is 17.8. The molecule has 26 heavy (non-hydrogen) atoms. The zero-order chi connectivity index (χ0) is 18.5. The Morgan fingerprint density at radius 1 is 1.19 bits per heavy atom. The molecule has 0 spiro atoms. The van der Waals surface area contributed by atoms with Crippen LogP contribution in [0.3, 0.4) is 0 Å². The zero-order valence-corrected chi connectivity index (χ0v) is 14.9. The molecule has 0 saturated carbocycles. The van der Waals surface area contributed by atoms with Gasteiger partial charge in [0.25, 0.3) is 5.91 Å². The van der Waals surface area contributed by atoms with Crippen molar-refractivity contribution in [3.05, 3.63) is 74.6 Å². The number of anilines is 2. The third kappa shape index (κ3) is 4.78. The number of carbonyl (C=O) groups excluding carboxylic acids is 2. The fraction of sp³-hybridized carbons (Fsp3) is 0.0588. The maximum atomic E-state index is 12.1. The van der Waals surface area contributed by atoms with Gasteiger partial charge in [-0.15, -0.1) is 11.3 Å². The van der Waals surface area contributed by atoms with Crippen LogP contribution in [-0.4, -0.2) is 21.8 Å². The first-order chi connectivity index (χ1) is 12.5. The first-order valence-corrected chi connectivity index (χ1v) is 8.75. The number of rotatable bonds is 5. The van der Waals surface area contributed by atoms with Crippen molar-refractivity contribution in [3.8, 4) is 0 Å². The second kappa shape index (κ2) is 7.94. The minimum atomic E-state index is -0.398. The number of aromatic nitrogens is 2. The summed E-state index contributed by atoms with van der Waals surface area (Å²) < 4.78 is 0. The normalized spacial score (nSPS) is 10.3. The fourth-order valence-corrected chi connectivity index (χ4v) is 3.00. The van der Waals surface area contributed by atoms with Gasteiger partial charge in [0.15, 0.2) is 5.13 Å². The van der Waals surface area contributed by atoms with E-state index in [9.17, 15) is 14.4 Å². The number of aromatic amines is 1. The number of benzene rings is 1. The van der Waals surface area contributed by atoms with Gasteiger partial charge in [0.05, 0.1) is 17.7 Å². The molecule has 9 heteroatoms. The van der Waals surface area contributed by atoms with Gasteiger partial charge in [0.2, 0.25) is 11.5 Å². The SMILES string of the molecule is O=C(Cc1csc(NC(=O)c2ccc(=O)[nH]c2)n1)Nc1cccc(Cl)c1. The summed E-state index contributed by atoms with van der Waals surface area (Å²) in [5.74, 6) is -0.637. The maximum Gasteiger partial charge on any atom is 0.258 e. The first-order valence-electron chi connectivity index (χ1n) is 7.49. The Morgan fingerprint density at radius 3 is 2.77 bits per heavy atom. The molecule has 0 atom stereocenters. The minimum Gasteiger partial charge on any atom is -0.328 e. The standard InChI is InChI=1S/C17H13ClN4O3S/c18-11-2-1-3-12(6-11)20-15(24)7-13-9-26-17(21-13)22-16(25)10-4-5-14(23)19-8-10/h1-6,8-9H,7H2,(H,19,23)(H,20,24)(H,21,22,25). The summed E-state index contributed by atoms with van der Waals surface area (Å²) in [5.41, 5.74) is 1.15. The highest BCUT2D eigenvalue weighted by atomic mass is 35.5. The van der Waals surface area contributed by atoms with Gasteiger partial charge in [-0.1, -0.05) is 17.7 Å². The van der Waals surface area contributed by atoms with Crippen LogP contribution in [0, 0.1) is 0 Å². The van der Waals surface area contributed by atoms with Gasteiger partial charge in [0.1, 0.15) is 0 Å². The summed E-state index contributed by atoms with van der Waals surface area (Å²) in [6.07, 6.45) is 1.39. The second-order valence-electron chi connectivity index (χ2n) is 5.28. The molecule has 2 aromatic heterocycles. The van der Waals surface area contributed by atoms with E-state index in [1.165, 1.54) is 29.7 Å². The Kier molecular flexibility index (Phi) is 5.45. The number of nitrogens with zero attached hydrogens (tertiary/aromatic N) is 1. The number of hydrogen-bond donors (Lipinski definition) is 3. The van der Waals surface area contributed by atoms with E-state index >= 15 is 0 Å². The third-order valence-corrected chi connectivity index (χ3v) is 4.31. The van der Waals surface area contributed by atoms with Crippen LogP contribution in [0.4, 0.5) is 10.8 Å². The summed E-state index contributed by atoms with van der Waals surface area (Å²) in [6.45, 7) is 0. The van der Waals surface area contributed by atoms with Crippen molar-refractivity contribution in [2.75, 3.05) is 10.6 Å². The Morgan fingerprint density at radius 2 is 2.04 bits per heavy atom. The number of carbonyl (C=O) groups is 2. The van der Waals surface area contributed by atoms with Gasteiger partial charge in [0, 0.05) is 28.4 Å². The van der Waals surface area contributed by atoms with E-state index in [1.807, 2.05) is 0 Å². The molecule has 0 unspecified atom stereocenters. The Balaban J connectivity index is 1.59. The van der Waals surface area contributed by atoms with E-state index in [4.69, 9.17) is 11.6 Å². The van der Waals surface area contributed by atoms with Crippen molar-refractivity contribution >= 4 is 45.6 Å². The molecule has 7 nitrogen and oxygen atoms in total. The smallest absolute Gasteiger partial charge is 0.258 e. The lowest BCUT2D eigenvalue weighted by Gasteiger charge is -2.04. The van der Waals surface area contributed by atoms with E-state index in [1.54, 1.807) is 29.6 Å². The van der Waals surface area contributed by atoms with Crippen LogP contribution in [0.2, 0.25) is 5.02 Å². The van der Waals surface area contributed by atoms with Gasteiger partial charge in [-0.3, -0.25) is 19.7 Å². The molecule has 0 fully saturated rings. The van der Waals surface area contributed by atoms with Crippen molar-refractivity contribution < 1.29 is 9.59 Å². The molecule has 132 valence electrons. The quantitative estimate of drug-likeness (QED) is 0.625. The lowest BCUT2D eigenvalue weighted by atomic mass is 10.3. The van der Waals surface area contributed by atoms with E-state index in [2.05, 4.69) is 20.6 Å². The molecule has 0 aliphatic heterocycles. The van der Waals surface area contributed by atoms with Crippen LogP contribution in [-0.2, 0) is 11.2 Å². The second-order valence-corrected chi connectivity index (χ2v) is 6.57. The maximum absolute atomic E-state index is 12.1. The van der Waals surface area contributed by atoms with Crippen LogP contribution in [0.25, 0.3) is 0 Å². The predicted octanol–water partition coefficient (Wildman–Crippen LogP) is 2.92. The predicted molar refractivity (Wildman–Crippen MR) is 101 cm³/mol. The monoisotopic (exact) mass is 388 g/mol. The van der Waals surface area contributed by atoms with Gasteiger partial charge in [-0.2, -0.15) is 0 Å². The molecule has 2 amide bonds. The number of amides is 2. The molecule has 0 saturated heterocycles. The van der Waals surface area contributed by atoms with Crippen LogP contribution in [0.5, 0.6) is 0 Å². The van der Waals surface area contributed by atoms with E-state index in [0.717, 1.165) is 0 Å². The summed E-state index contributed by atoms with van der Waals surface area (Å²) in [5, 5.41) is 7.95. The van der Waals surface area contributed by atoms with Crippen molar-refractivity contribution in [1.29, 1.82) is 0 Å². The highest BCUT2D eigenvalue weighted by molar-refractivity contribution is 7.14. The summed E-state index contributed by atoms with van der Waals surface area (Å²) in [6, 6.07) is 9.53. The number of nitrogens with one attached hydrogen (secondary N) is 3. The molecular weight excluding hydrogens is 376 g/mol. The summed E-state index contributed by atoms with van der Waals surface area (Å²) in [4.78, 5) is 41.8. The van der Waals surface area contributed by atoms with Gasteiger partial charge in [-0.05, 0) is 24.3 Å². The summed E-state index contributed by atoms with van der Waals surface area (Å²) >= 11 is 7.09. The topological polar surface area (TPSA) is 104 Å². The largest absolute Gasteiger partial charge is 0.328 e. The third-order valence-electron chi connectivity index (χ3n) is 3.27. The lowest BCUT2D eigenvalue weighted by Crippen LogP contribution is -2.15. The number of hydrogen-bond acceptors (Lipinski definition) is 5. The number of thiazole rings is 1. The minimum absolute atomic E-state index is 0.0670. The van der Waals surface area contributed by atoms with Crippen LogP contribution in [0.1, 0.15) is 16.1 Å².